The van der Waals surface area contributed by atoms with Gasteiger partial charge in [-0.3, -0.25) is 0 Å². The molecule has 0 N–H and O–H groups in total. The topological polar surface area (TPSA) is 26.3 Å². The Kier molecular flexibility index (Phi) is 3.50. The average molecular weight is 229 g/mol. The quantitative estimate of drug-likeness (QED) is 0.805. The minimum absolute atomic E-state index is 0.323. The Labute approximate surface area is 98.7 Å². The largest absolute Gasteiger partial charge is 0.444 e. The highest BCUT2D eigenvalue weighted by Crippen LogP contribution is 2.25. The summed E-state index contributed by atoms with van der Waals surface area (Å²) in [4.78, 5) is 10.4. The summed E-state index contributed by atoms with van der Waals surface area (Å²) in [6.07, 6.45) is -0.547. The fraction of sp³-hybridized carbons (Fsp3) is 0.0714. The van der Waals surface area contributed by atoms with Gasteiger partial charge >= 0.3 is 6.47 Å². The molecule has 0 saturated carbocycles. The van der Waals surface area contributed by atoms with E-state index < -0.39 is 6.10 Å². The van der Waals surface area contributed by atoms with Gasteiger partial charge in [-0.15, -0.1) is 0 Å². The van der Waals surface area contributed by atoms with Crippen molar-refractivity contribution < 1.29 is 13.9 Å². The number of hydrogen-bond donors (Lipinski definition) is 0. The minimum atomic E-state index is -0.547. The van der Waals surface area contributed by atoms with Gasteiger partial charge in [-0.05, 0) is 23.3 Å². The van der Waals surface area contributed by atoms with Crippen LogP contribution < -0.4 is 0 Å². The molecule has 17 heavy (non-hydrogen) atoms. The number of ether oxygens (including phenoxy) is 1. The van der Waals surface area contributed by atoms with E-state index in [4.69, 9.17) is 4.74 Å². The summed E-state index contributed by atoms with van der Waals surface area (Å²) >= 11 is 0. The zero-order valence-corrected chi connectivity index (χ0v) is 8.97. The maximum atomic E-state index is 12.8. The van der Waals surface area contributed by atoms with Crippen LogP contribution in [0.1, 0.15) is 17.2 Å². The second-order valence-corrected chi connectivity index (χ2v) is 3.54. The Balaban J connectivity index is 2.35. The highest BCUT2D eigenvalue weighted by Gasteiger charge is 2.14. The molecule has 85 valence electrons. The molecule has 0 bridgehead atoms. The molecule has 0 fully saturated rings. The summed E-state index contributed by atoms with van der Waals surface area (Å²) in [5, 5.41) is 0. The molecule has 1 unspecified atom stereocenters. The summed E-state index contributed by atoms with van der Waals surface area (Å²) in [5.41, 5.74) is 1.53. The maximum Gasteiger partial charge on any atom is 0.418 e. The zero-order chi connectivity index (χ0) is 12.1. The highest BCUT2D eigenvalue weighted by molar-refractivity contribution is 5.42. The number of carbonyl (C=O) groups excluding carboxylic acids is 1. The molecule has 0 spiro atoms. The summed E-state index contributed by atoms with van der Waals surface area (Å²) in [7, 11) is 0. The second-order valence-electron chi connectivity index (χ2n) is 3.54. The van der Waals surface area contributed by atoms with Crippen LogP contribution in [0.15, 0.2) is 54.6 Å². The summed E-state index contributed by atoms with van der Waals surface area (Å²) in [6.45, 7) is 1.44. The van der Waals surface area contributed by atoms with Crippen LogP contribution in [0.2, 0.25) is 0 Å². The van der Waals surface area contributed by atoms with Gasteiger partial charge in [-0.25, -0.2) is 9.18 Å². The molecule has 2 rings (SSSR count). The highest BCUT2D eigenvalue weighted by atomic mass is 19.1. The zero-order valence-electron chi connectivity index (χ0n) is 8.97. The van der Waals surface area contributed by atoms with E-state index in [-0.39, 0.29) is 5.82 Å². The first-order valence-electron chi connectivity index (χ1n) is 5.14. The van der Waals surface area contributed by atoms with Crippen LogP contribution >= 0.6 is 0 Å². The van der Waals surface area contributed by atoms with Crippen LogP contribution in [0.4, 0.5) is 4.39 Å². The normalized spacial score (nSPS) is 11.8. The molecule has 0 aliphatic rings. The minimum Gasteiger partial charge on any atom is -0.444 e. The SMILES string of the molecule is O=[C]OC(c1ccccc1)c1ccc(F)cc1. The Morgan fingerprint density at radius 3 is 2.12 bits per heavy atom. The van der Waals surface area contributed by atoms with Gasteiger partial charge in [-0.1, -0.05) is 42.5 Å². The third kappa shape index (κ3) is 2.69. The maximum absolute atomic E-state index is 12.8. The molecular weight excluding hydrogens is 219 g/mol. The van der Waals surface area contributed by atoms with Crippen molar-refractivity contribution in [2.24, 2.45) is 0 Å². The molecule has 0 amide bonds. The molecule has 0 heterocycles. The molecule has 2 aromatic rings. The van der Waals surface area contributed by atoms with Crippen molar-refractivity contribution in [1.82, 2.24) is 0 Å². The van der Waals surface area contributed by atoms with E-state index in [2.05, 4.69) is 0 Å². The van der Waals surface area contributed by atoms with Crippen molar-refractivity contribution in [1.29, 1.82) is 0 Å². The molecule has 2 aromatic carbocycles. The molecule has 3 heteroatoms. The first-order chi connectivity index (χ1) is 8.31. The standard InChI is InChI=1S/C14H10FO2/c15-13-8-6-12(7-9-13)14(17-10-16)11-4-2-1-3-5-11/h1-9,14H. The third-order valence-corrected chi connectivity index (χ3v) is 2.44. The predicted molar refractivity (Wildman–Crippen MR) is 61.5 cm³/mol. The monoisotopic (exact) mass is 229 g/mol. The van der Waals surface area contributed by atoms with Crippen molar-refractivity contribution in [2.75, 3.05) is 0 Å². The lowest BCUT2D eigenvalue weighted by atomic mass is 10.0. The predicted octanol–water partition coefficient (Wildman–Crippen LogP) is 3.00. The molecule has 0 saturated heterocycles. The lowest BCUT2D eigenvalue weighted by molar-refractivity contribution is 0.216. The lowest BCUT2D eigenvalue weighted by Crippen LogP contribution is -2.05. The number of rotatable bonds is 4. The Morgan fingerprint density at radius 1 is 0.941 bits per heavy atom. The molecule has 0 aliphatic carbocycles. The van der Waals surface area contributed by atoms with Crippen molar-refractivity contribution in [2.45, 2.75) is 6.10 Å². The van der Waals surface area contributed by atoms with Crippen LogP contribution in [0.25, 0.3) is 0 Å². The van der Waals surface area contributed by atoms with Crippen molar-refractivity contribution in [3.63, 3.8) is 0 Å². The van der Waals surface area contributed by atoms with Gasteiger partial charge in [0, 0.05) is 0 Å². The molecule has 2 nitrogen and oxygen atoms in total. The third-order valence-electron chi connectivity index (χ3n) is 2.44. The fourth-order valence-corrected chi connectivity index (χ4v) is 1.64. The molecule has 0 aliphatic heterocycles. The Hall–Kier alpha value is -2.16. The van der Waals surface area contributed by atoms with E-state index in [1.807, 2.05) is 30.3 Å². The van der Waals surface area contributed by atoms with Gasteiger partial charge in [0.15, 0.2) is 6.10 Å². The van der Waals surface area contributed by atoms with E-state index in [1.165, 1.54) is 18.6 Å². The van der Waals surface area contributed by atoms with Gasteiger partial charge in [-0.2, -0.15) is 0 Å². The van der Waals surface area contributed by atoms with E-state index >= 15 is 0 Å². The molecule has 1 atom stereocenters. The fourth-order valence-electron chi connectivity index (χ4n) is 1.64. The van der Waals surface area contributed by atoms with Gasteiger partial charge < -0.3 is 4.74 Å². The number of benzene rings is 2. The Morgan fingerprint density at radius 2 is 1.53 bits per heavy atom. The van der Waals surface area contributed by atoms with Gasteiger partial charge in [0.25, 0.3) is 0 Å². The summed E-state index contributed by atoms with van der Waals surface area (Å²) in [5.74, 6) is -0.323. The van der Waals surface area contributed by atoms with Crippen LogP contribution in [-0.2, 0) is 9.53 Å². The summed E-state index contributed by atoms with van der Waals surface area (Å²) in [6, 6.07) is 15.1. The smallest absolute Gasteiger partial charge is 0.418 e. The van der Waals surface area contributed by atoms with Crippen molar-refractivity contribution in [3.8, 4) is 0 Å². The lowest BCUT2D eigenvalue weighted by Gasteiger charge is -2.15. The van der Waals surface area contributed by atoms with E-state index in [0.29, 0.717) is 5.56 Å². The number of hydrogen-bond acceptors (Lipinski definition) is 2. The average Bonchev–Trinajstić information content (AvgIpc) is 2.38. The van der Waals surface area contributed by atoms with Crippen LogP contribution in [0, 0.1) is 5.82 Å². The van der Waals surface area contributed by atoms with E-state index in [1.54, 1.807) is 12.1 Å². The van der Waals surface area contributed by atoms with Crippen LogP contribution in [-0.4, -0.2) is 6.47 Å². The van der Waals surface area contributed by atoms with Gasteiger partial charge in [0.1, 0.15) is 5.82 Å². The first kappa shape index (κ1) is 11.3. The van der Waals surface area contributed by atoms with E-state index in [0.717, 1.165) is 5.56 Å². The number of halogens is 1. The summed E-state index contributed by atoms with van der Waals surface area (Å²) < 4.78 is 17.7. The molecule has 0 aromatic heterocycles. The second kappa shape index (κ2) is 5.25. The van der Waals surface area contributed by atoms with Crippen LogP contribution in [0.3, 0.4) is 0 Å². The van der Waals surface area contributed by atoms with Gasteiger partial charge in [0.2, 0.25) is 0 Å². The van der Waals surface area contributed by atoms with Crippen molar-refractivity contribution in [3.05, 3.63) is 71.5 Å². The first-order valence-corrected chi connectivity index (χ1v) is 5.14. The van der Waals surface area contributed by atoms with Crippen molar-refractivity contribution >= 4 is 6.47 Å². The van der Waals surface area contributed by atoms with Gasteiger partial charge in [0.05, 0.1) is 0 Å². The molecule has 1 radical (unpaired) electrons. The molecular formula is C14H10FO2. The van der Waals surface area contributed by atoms with Crippen LogP contribution in [0.5, 0.6) is 0 Å². The van der Waals surface area contributed by atoms with E-state index in [9.17, 15) is 9.18 Å². The Bertz CT molecular complexity index is 479.